The van der Waals surface area contributed by atoms with E-state index in [-0.39, 0.29) is 6.04 Å². The summed E-state index contributed by atoms with van der Waals surface area (Å²) in [5.41, 5.74) is 1.94. The molecule has 2 N–H and O–H groups in total. The number of nitrogen functional groups attached to an aromatic ring is 1. The van der Waals surface area contributed by atoms with Gasteiger partial charge in [-0.25, -0.2) is 4.79 Å². The number of rotatable bonds is 7. The maximum atomic E-state index is 12.8. The lowest BCUT2D eigenvalue weighted by atomic mass is 9.98. The Kier molecular flexibility index (Phi) is 5.80. The topological polar surface area (TPSA) is 100 Å². The monoisotopic (exact) mass is 424 g/mol. The van der Waals surface area contributed by atoms with Gasteiger partial charge in [0.2, 0.25) is 0 Å². The Morgan fingerprint density at radius 3 is 2.68 bits per heavy atom. The lowest BCUT2D eigenvalue weighted by Crippen LogP contribution is -2.44. The van der Waals surface area contributed by atoms with Gasteiger partial charge in [0.15, 0.2) is 0 Å². The fourth-order valence-corrected chi connectivity index (χ4v) is 5.16. The van der Waals surface area contributed by atoms with Crippen LogP contribution in [0.4, 0.5) is 5.69 Å². The van der Waals surface area contributed by atoms with Crippen LogP contribution in [0.3, 0.4) is 0 Å². The fourth-order valence-electron chi connectivity index (χ4n) is 5.16. The number of hydrogen-bond acceptors (Lipinski definition) is 6. The van der Waals surface area contributed by atoms with Gasteiger partial charge in [0.05, 0.1) is 17.0 Å². The van der Waals surface area contributed by atoms with Gasteiger partial charge in [-0.3, -0.25) is 14.3 Å². The summed E-state index contributed by atoms with van der Waals surface area (Å²) >= 11 is 0. The second-order valence-electron chi connectivity index (χ2n) is 8.94. The molecular weight excluding hydrogens is 392 g/mol. The van der Waals surface area contributed by atoms with Gasteiger partial charge in [-0.1, -0.05) is 6.92 Å². The van der Waals surface area contributed by atoms with Crippen molar-refractivity contribution in [3.8, 4) is 6.07 Å². The van der Waals surface area contributed by atoms with Crippen molar-refractivity contribution in [2.75, 3.05) is 36.9 Å². The van der Waals surface area contributed by atoms with Crippen molar-refractivity contribution in [3.05, 3.63) is 38.5 Å². The molecule has 1 saturated carbocycles. The van der Waals surface area contributed by atoms with Gasteiger partial charge < -0.3 is 10.7 Å². The SMILES string of the molecule is CCN(CCC#N)C(C)C1CCN(c2ccc3c(=O)n(N)c(=O)n(C4CC4)c3c2C)C1. The molecule has 166 valence electrons. The second-order valence-corrected chi connectivity index (χ2v) is 8.94. The summed E-state index contributed by atoms with van der Waals surface area (Å²) in [4.78, 5) is 30.2. The Hall–Kier alpha value is -2.79. The quantitative estimate of drug-likeness (QED) is 0.682. The number of aromatic nitrogens is 2. The zero-order valence-electron chi connectivity index (χ0n) is 18.7. The van der Waals surface area contributed by atoms with Crippen LogP contribution in [0.5, 0.6) is 0 Å². The van der Waals surface area contributed by atoms with E-state index < -0.39 is 11.2 Å². The Balaban J connectivity index is 1.67. The molecule has 1 aliphatic heterocycles. The number of anilines is 1. The molecule has 2 aromatic rings. The highest BCUT2D eigenvalue weighted by atomic mass is 16.2. The first-order valence-electron chi connectivity index (χ1n) is 11.3. The molecule has 2 aliphatic rings. The van der Waals surface area contributed by atoms with E-state index >= 15 is 0 Å². The first-order chi connectivity index (χ1) is 14.9. The summed E-state index contributed by atoms with van der Waals surface area (Å²) in [6.07, 6.45) is 3.52. The molecule has 1 aliphatic carbocycles. The lowest BCUT2D eigenvalue weighted by Gasteiger charge is -2.32. The molecular formula is C23H32N6O2. The Morgan fingerprint density at radius 1 is 1.29 bits per heavy atom. The van der Waals surface area contributed by atoms with Crippen molar-refractivity contribution in [2.45, 2.75) is 58.5 Å². The highest BCUT2D eigenvalue weighted by Gasteiger charge is 2.33. The maximum Gasteiger partial charge on any atom is 0.350 e. The summed E-state index contributed by atoms with van der Waals surface area (Å²) < 4.78 is 2.47. The molecule has 1 saturated heterocycles. The number of nitrogens with zero attached hydrogens (tertiary/aromatic N) is 5. The number of hydrogen-bond donors (Lipinski definition) is 1. The van der Waals surface area contributed by atoms with Gasteiger partial charge in [0.1, 0.15) is 0 Å². The molecule has 2 atom stereocenters. The second kappa shape index (κ2) is 8.39. The molecule has 1 aromatic carbocycles. The van der Waals surface area contributed by atoms with E-state index in [1.165, 1.54) is 0 Å². The number of fused-ring (bicyclic) bond motifs is 1. The third kappa shape index (κ3) is 3.72. The van der Waals surface area contributed by atoms with Crippen LogP contribution in [0.15, 0.2) is 21.7 Å². The minimum atomic E-state index is -0.435. The van der Waals surface area contributed by atoms with Crippen LogP contribution in [0.1, 0.15) is 51.1 Å². The van der Waals surface area contributed by atoms with Crippen LogP contribution in [0.25, 0.3) is 10.9 Å². The van der Waals surface area contributed by atoms with Crippen molar-refractivity contribution < 1.29 is 0 Å². The van der Waals surface area contributed by atoms with Crippen molar-refractivity contribution in [1.82, 2.24) is 14.1 Å². The molecule has 0 bridgehead atoms. The molecule has 8 heteroatoms. The minimum Gasteiger partial charge on any atom is -0.371 e. The first-order valence-corrected chi connectivity index (χ1v) is 11.3. The number of nitriles is 1. The van der Waals surface area contributed by atoms with E-state index in [0.29, 0.717) is 23.8 Å². The van der Waals surface area contributed by atoms with E-state index in [2.05, 4.69) is 29.7 Å². The fraction of sp³-hybridized carbons (Fsp3) is 0.609. The average Bonchev–Trinajstić information content (AvgIpc) is 3.48. The largest absolute Gasteiger partial charge is 0.371 e. The first kappa shape index (κ1) is 21.4. The third-order valence-electron chi connectivity index (χ3n) is 7.16. The predicted molar refractivity (Wildman–Crippen MR) is 123 cm³/mol. The van der Waals surface area contributed by atoms with Gasteiger partial charge in [0, 0.05) is 43.8 Å². The molecule has 0 amide bonds. The van der Waals surface area contributed by atoms with Crippen LogP contribution in [0, 0.1) is 24.2 Å². The minimum absolute atomic E-state index is 0.129. The molecule has 0 spiro atoms. The Bertz CT molecular complexity index is 1140. The highest BCUT2D eigenvalue weighted by molar-refractivity contribution is 5.87. The Labute approximate surface area is 182 Å². The van der Waals surface area contributed by atoms with Crippen LogP contribution < -0.4 is 22.0 Å². The van der Waals surface area contributed by atoms with E-state index in [9.17, 15) is 9.59 Å². The van der Waals surface area contributed by atoms with Crippen LogP contribution in [-0.2, 0) is 0 Å². The van der Waals surface area contributed by atoms with Gasteiger partial charge in [-0.05, 0) is 63.3 Å². The van der Waals surface area contributed by atoms with Gasteiger partial charge in [-0.15, -0.1) is 0 Å². The van der Waals surface area contributed by atoms with Gasteiger partial charge in [0.25, 0.3) is 5.56 Å². The Morgan fingerprint density at radius 2 is 2.03 bits per heavy atom. The van der Waals surface area contributed by atoms with E-state index in [1.54, 1.807) is 4.57 Å². The number of aryl methyl sites for hydroxylation is 1. The zero-order valence-corrected chi connectivity index (χ0v) is 18.7. The normalized spacial score (nSPS) is 19.8. The molecule has 4 rings (SSSR count). The van der Waals surface area contributed by atoms with Crippen LogP contribution in [0.2, 0.25) is 0 Å². The maximum absolute atomic E-state index is 12.8. The molecule has 0 radical (unpaired) electrons. The number of benzene rings is 1. The standard InChI is InChI=1S/C23H32N6O2/c1-4-26(12-5-11-24)16(3)17-10-13-27(14-17)20-9-8-19-21(15(20)2)28(18-6-7-18)23(31)29(25)22(19)30/h8-9,16-18H,4-7,10,12-14,25H2,1-3H3. The molecule has 1 aromatic heterocycles. The van der Waals surface area contributed by atoms with Crippen LogP contribution in [-0.4, -0.2) is 46.4 Å². The predicted octanol–water partition coefficient (Wildman–Crippen LogP) is 1.97. The van der Waals surface area contributed by atoms with Crippen molar-refractivity contribution >= 4 is 16.6 Å². The molecule has 2 unspecified atom stereocenters. The highest BCUT2D eigenvalue weighted by Crippen LogP contribution is 2.38. The molecule has 2 fully saturated rings. The smallest absolute Gasteiger partial charge is 0.350 e. The zero-order chi connectivity index (χ0) is 22.3. The van der Waals surface area contributed by atoms with Crippen molar-refractivity contribution in [3.63, 3.8) is 0 Å². The summed E-state index contributed by atoms with van der Waals surface area (Å²) in [5, 5.41) is 9.45. The van der Waals surface area contributed by atoms with Gasteiger partial charge in [-0.2, -0.15) is 9.94 Å². The van der Waals surface area contributed by atoms with E-state index in [1.807, 2.05) is 19.1 Å². The number of nitrogens with two attached hydrogens (primary N) is 1. The summed E-state index contributed by atoms with van der Waals surface area (Å²) in [6.45, 7) is 10.0. The van der Waals surface area contributed by atoms with Crippen molar-refractivity contribution in [1.29, 1.82) is 5.26 Å². The summed E-state index contributed by atoms with van der Waals surface area (Å²) in [6, 6.07) is 6.61. The van der Waals surface area contributed by atoms with Gasteiger partial charge >= 0.3 is 5.69 Å². The average molecular weight is 425 g/mol. The third-order valence-corrected chi connectivity index (χ3v) is 7.16. The van der Waals surface area contributed by atoms with E-state index in [4.69, 9.17) is 11.1 Å². The summed E-state index contributed by atoms with van der Waals surface area (Å²) in [7, 11) is 0. The lowest BCUT2D eigenvalue weighted by molar-refractivity contribution is 0.173. The summed E-state index contributed by atoms with van der Waals surface area (Å²) in [5.74, 6) is 6.30. The van der Waals surface area contributed by atoms with E-state index in [0.717, 1.165) is 66.9 Å². The van der Waals surface area contributed by atoms with Crippen LogP contribution >= 0.6 is 0 Å². The van der Waals surface area contributed by atoms with Crippen molar-refractivity contribution in [2.24, 2.45) is 5.92 Å². The molecule has 31 heavy (non-hydrogen) atoms. The molecule has 2 heterocycles. The molecule has 8 nitrogen and oxygen atoms in total.